The van der Waals surface area contributed by atoms with Crippen molar-refractivity contribution in [2.24, 2.45) is 0 Å². The van der Waals surface area contributed by atoms with Gasteiger partial charge in [-0.1, -0.05) is 23.5 Å². The fourth-order valence-electron chi connectivity index (χ4n) is 2.74. The summed E-state index contributed by atoms with van der Waals surface area (Å²) in [5.41, 5.74) is 1.45. The number of aryl methyl sites for hydroxylation is 1. The number of ether oxygens (including phenoxy) is 1. The Morgan fingerprint density at radius 2 is 2.08 bits per heavy atom. The van der Waals surface area contributed by atoms with Gasteiger partial charge in [0, 0.05) is 17.6 Å². The number of alkyl halides is 2. The molecule has 138 valence electrons. The highest BCUT2D eigenvalue weighted by Crippen LogP contribution is 2.28. The molecule has 26 heavy (non-hydrogen) atoms. The van der Waals surface area contributed by atoms with Crippen LogP contribution in [0.25, 0.3) is 11.0 Å². The first-order chi connectivity index (χ1) is 12.4. The van der Waals surface area contributed by atoms with Gasteiger partial charge in [-0.3, -0.25) is 14.2 Å². The lowest BCUT2D eigenvalue weighted by molar-refractivity contribution is -0.149. The van der Waals surface area contributed by atoms with Crippen LogP contribution in [0.3, 0.4) is 0 Å². The Morgan fingerprint density at radius 3 is 2.73 bits per heavy atom. The lowest BCUT2D eigenvalue weighted by Crippen LogP contribution is -2.19. The molecular weight excluding hydrogens is 364 g/mol. The van der Waals surface area contributed by atoms with Gasteiger partial charge >= 0.3 is 17.4 Å². The topological polar surface area (TPSA) is 66.1 Å². The van der Waals surface area contributed by atoms with Gasteiger partial charge in [-0.15, -0.1) is 0 Å². The number of carbonyl (C=O) groups excluding carboxylic acids is 1. The average molecular weight is 381 g/mol. The van der Waals surface area contributed by atoms with Crippen molar-refractivity contribution in [1.29, 1.82) is 0 Å². The minimum atomic E-state index is -2.80. The Bertz CT molecular complexity index is 993. The zero-order valence-corrected chi connectivity index (χ0v) is 15.0. The van der Waals surface area contributed by atoms with E-state index in [0.29, 0.717) is 5.52 Å². The molecule has 0 saturated heterocycles. The molecule has 6 nitrogen and oxygen atoms in total. The molecule has 0 spiro atoms. The molecule has 1 unspecified atom stereocenters. The van der Waals surface area contributed by atoms with Crippen molar-refractivity contribution in [1.82, 2.24) is 14.1 Å². The van der Waals surface area contributed by atoms with Gasteiger partial charge in [-0.2, -0.15) is 8.78 Å². The van der Waals surface area contributed by atoms with Crippen molar-refractivity contribution >= 4 is 28.3 Å². The molecule has 1 aromatic carbocycles. The van der Waals surface area contributed by atoms with Gasteiger partial charge in [-0.25, -0.2) is 4.98 Å². The number of benzene rings is 1. The van der Waals surface area contributed by atoms with Crippen LogP contribution in [0, 0.1) is 6.92 Å². The third-order valence-corrected chi connectivity index (χ3v) is 4.89. The maximum absolute atomic E-state index is 13.5. The van der Waals surface area contributed by atoms with Gasteiger partial charge in [0.05, 0.1) is 17.5 Å². The molecule has 2 aromatic heterocycles. The number of nitrogens with zero attached hydrogens (tertiary/aromatic N) is 3. The molecule has 0 radical (unpaired) electrons. The van der Waals surface area contributed by atoms with Gasteiger partial charge in [0.2, 0.25) is 0 Å². The summed E-state index contributed by atoms with van der Waals surface area (Å²) in [5.74, 6) is -0.596. The number of esters is 1. The number of hydrogen-bond donors (Lipinski definition) is 0. The summed E-state index contributed by atoms with van der Waals surface area (Å²) in [7, 11) is 0. The van der Waals surface area contributed by atoms with E-state index in [0.717, 1.165) is 21.6 Å². The Kier molecular flexibility index (Phi) is 5.17. The first-order valence-corrected chi connectivity index (χ1v) is 8.86. The summed E-state index contributed by atoms with van der Waals surface area (Å²) >= 11 is 1.06. The van der Waals surface area contributed by atoms with Gasteiger partial charge in [0.15, 0.2) is 11.9 Å². The van der Waals surface area contributed by atoms with Gasteiger partial charge in [0.1, 0.15) is 0 Å². The van der Waals surface area contributed by atoms with Crippen LogP contribution in [0.4, 0.5) is 8.78 Å². The fraction of sp³-hybridized carbons (Fsp3) is 0.353. The van der Waals surface area contributed by atoms with Crippen molar-refractivity contribution < 1.29 is 18.3 Å². The van der Waals surface area contributed by atoms with Gasteiger partial charge < -0.3 is 9.30 Å². The zero-order chi connectivity index (χ0) is 18.8. The first kappa shape index (κ1) is 18.2. The Hall–Kier alpha value is -2.55. The van der Waals surface area contributed by atoms with Crippen molar-refractivity contribution in [3.8, 4) is 0 Å². The molecule has 0 saturated carbocycles. The summed E-state index contributed by atoms with van der Waals surface area (Å²) in [5, 5.41) is 1.71. The van der Waals surface area contributed by atoms with E-state index in [-0.39, 0.29) is 29.2 Å². The first-order valence-electron chi connectivity index (χ1n) is 7.98. The molecule has 3 aromatic rings. The molecule has 2 heterocycles. The fourth-order valence-corrected chi connectivity index (χ4v) is 3.50. The van der Waals surface area contributed by atoms with E-state index in [9.17, 15) is 18.4 Å². The van der Waals surface area contributed by atoms with E-state index in [1.165, 1.54) is 17.6 Å². The minimum absolute atomic E-state index is 0.0153. The highest BCUT2D eigenvalue weighted by atomic mass is 32.1. The number of halogens is 2. The van der Waals surface area contributed by atoms with Crippen molar-refractivity contribution in [2.45, 2.75) is 39.5 Å². The molecular formula is C17H17F2N3O3S. The third kappa shape index (κ3) is 3.52. The minimum Gasteiger partial charge on any atom is -0.454 e. The summed E-state index contributed by atoms with van der Waals surface area (Å²) in [6.07, 6.45) is -0.972. The summed E-state index contributed by atoms with van der Waals surface area (Å²) < 4.78 is 34.4. The average Bonchev–Trinajstić information content (AvgIpc) is 3.13. The maximum atomic E-state index is 13.5. The van der Waals surface area contributed by atoms with Crippen LogP contribution in [-0.2, 0) is 16.1 Å². The molecule has 0 N–H and O–H groups in total. The number of fused-ring (bicyclic) bond motifs is 1. The standard InChI is InChI=1S/C17H17F2N3O3S/c1-10-9-26-17(24)21(10)8-7-14(23)25-11(2)15-20-12-5-3-4-6-13(12)22(15)16(18)19/h3-6,9,11,16H,7-8H2,1-2H3. The van der Waals surface area contributed by atoms with E-state index in [2.05, 4.69) is 4.98 Å². The van der Waals surface area contributed by atoms with Crippen LogP contribution >= 0.6 is 11.3 Å². The Morgan fingerprint density at radius 1 is 1.35 bits per heavy atom. The predicted molar refractivity (Wildman–Crippen MR) is 93.4 cm³/mol. The van der Waals surface area contributed by atoms with Crippen molar-refractivity contribution in [3.05, 3.63) is 50.8 Å². The van der Waals surface area contributed by atoms with Crippen molar-refractivity contribution in [2.75, 3.05) is 0 Å². The summed E-state index contributed by atoms with van der Waals surface area (Å²) in [6.45, 7) is 0.660. The molecule has 0 aliphatic heterocycles. The van der Waals surface area contributed by atoms with Gasteiger partial charge in [-0.05, 0) is 26.0 Å². The monoisotopic (exact) mass is 381 g/mol. The number of hydrogen-bond acceptors (Lipinski definition) is 5. The number of thiazole rings is 1. The quantitative estimate of drug-likeness (QED) is 0.611. The van der Waals surface area contributed by atoms with Crippen LogP contribution in [0.5, 0.6) is 0 Å². The van der Waals surface area contributed by atoms with Gasteiger partial charge in [0.25, 0.3) is 0 Å². The molecule has 0 aliphatic rings. The molecule has 0 bridgehead atoms. The highest BCUT2D eigenvalue weighted by Gasteiger charge is 2.24. The number of aromatic nitrogens is 3. The van der Waals surface area contributed by atoms with E-state index in [1.807, 2.05) is 0 Å². The molecule has 0 aliphatic carbocycles. The van der Waals surface area contributed by atoms with Crippen molar-refractivity contribution in [3.63, 3.8) is 0 Å². The zero-order valence-electron chi connectivity index (χ0n) is 14.2. The number of imidazole rings is 1. The van der Waals surface area contributed by atoms with Crippen LogP contribution < -0.4 is 4.87 Å². The van der Waals surface area contributed by atoms with Crippen LogP contribution in [-0.4, -0.2) is 20.1 Å². The van der Waals surface area contributed by atoms with E-state index < -0.39 is 18.6 Å². The molecule has 1 atom stereocenters. The SMILES string of the molecule is Cc1csc(=O)n1CCC(=O)OC(C)c1nc2ccccc2n1C(F)F. The largest absolute Gasteiger partial charge is 0.454 e. The normalized spacial score (nSPS) is 12.7. The molecule has 9 heteroatoms. The smallest absolute Gasteiger partial charge is 0.320 e. The predicted octanol–water partition coefficient (Wildman–Crippen LogP) is 3.66. The van der Waals surface area contributed by atoms with Crippen LogP contribution in [0.15, 0.2) is 34.4 Å². The lowest BCUT2D eigenvalue weighted by Gasteiger charge is -2.15. The molecule has 0 fully saturated rings. The summed E-state index contributed by atoms with van der Waals surface area (Å²) in [4.78, 5) is 27.8. The van der Waals surface area contributed by atoms with E-state index >= 15 is 0 Å². The second-order valence-electron chi connectivity index (χ2n) is 5.78. The summed E-state index contributed by atoms with van der Waals surface area (Å²) in [6, 6.07) is 6.51. The second kappa shape index (κ2) is 7.36. The molecule has 0 amide bonds. The maximum Gasteiger partial charge on any atom is 0.320 e. The van der Waals surface area contributed by atoms with Crippen LogP contribution in [0.2, 0.25) is 0 Å². The number of para-hydroxylation sites is 2. The number of carbonyl (C=O) groups is 1. The molecule has 3 rings (SSSR count). The van der Waals surface area contributed by atoms with E-state index in [1.54, 1.807) is 30.5 Å². The van der Waals surface area contributed by atoms with E-state index in [4.69, 9.17) is 4.74 Å². The third-order valence-electron chi connectivity index (χ3n) is 4.01. The lowest BCUT2D eigenvalue weighted by atomic mass is 10.3. The Labute approximate surface area is 151 Å². The Balaban J connectivity index is 1.74. The highest BCUT2D eigenvalue weighted by molar-refractivity contribution is 7.07. The van der Waals surface area contributed by atoms with Crippen LogP contribution in [0.1, 0.15) is 37.5 Å². The second-order valence-corrected chi connectivity index (χ2v) is 6.60. The number of rotatable bonds is 6.